The molecule has 0 radical (unpaired) electrons. The summed E-state index contributed by atoms with van der Waals surface area (Å²) in [5.41, 5.74) is -1.19. The van der Waals surface area contributed by atoms with Crippen LogP contribution in [0.15, 0.2) is 35.6 Å². The molecule has 1 aromatic rings. The Morgan fingerprint density at radius 2 is 1.75 bits per heavy atom. The predicted octanol–water partition coefficient (Wildman–Crippen LogP) is 3.10. The molecule has 1 aliphatic heterocycles. The molecule has 1 N–H and O–H groups in total. The van der Waals surface area contributed by atoms with Gasteiger partial charge < -0.3 is 9.84 Å². The predicted molar refractivity (Wildman–Crippen MR) is 86.7 cm³/mol. The Kier molecular flexibility index (Phi) is 3.44. The molecule has 1 aliphatic carbocycles. The summed E-state index contributed by atoms with van der Waals surface area (Å²) in [6.07, 6.45) is -0.217. The van der Waals surface area contributed by atoms with Crippen molar-refractivity contribution < 1.29 is 24.2 Å². The van der Waals surface area contributed by atoms with E-state index in [9.17, 15) is 19.5 Å². The van der Waals surface area contributed by atoms with Crippen LogP contribution < -0.4 is 4.74 Å². The molecule has 0 fully saturated rings. The third-order valence-corrected chi connectivity index (χ3v) is 4.99. The number of carbonyl (C=O) groups excluding carboxylic acids is 2. The average Bonchev–Trinajstić information content (AvgIpc) is 2.51. The second kappa shape index (κ2) is 5.03. The molecule has 126 valence electrons. The summed E-state index contributed by atoms with van der Waals surface area (Å²) in [7, 11) is 0. The molecule has 2 aliphatic rings. The third-order valence-electron chi connectivity index (χ3n) is 4.99. The highest BCUT2D eigenvalue weighted by atomic mass is 16.5. The zero-order valence-electron chi connectivity index (χ0n) is 14.2. The van der Waals surface area contributed by atoms with Crippen LogP contribution in [0.4, 0.5) is 0 Å². The van der Waals surface area contributed by atoms with E-state index >= 15 is 0 Å². The number of rotatable bonds is 2. The van der Waals surface area contributed by atoms with Crippen molar-refractivity contribution in [3.8, 4) is 5.75 Å². The maximum Gasteiger partial charge on any atom is 0.304 e. The van der Waals surface area contributed by atoms with E-state index < -0.39 is 22.7 Å². The minimum absolute atomic E-state index is 0.216. The number of carboxylic acid groups (broad SMARTS) is 1. The summed E-state index contributed by atoms with van der Waals surface area (Å²) in [6, 6.07) is 7.08. The van der Waals surface area contributed by atoms with Crippen molar-refractivity contribution in [2.45, 2.75) is 40.0 Å². The van der Waals surface area contributed by atoms with Gasteiger partial charge in [-0.2, -0.15) is 0 Å². The van der Waals surface area contributed by atoms with Crippen LogP contribution in [0, 0.1) is 10.8 Å². The lowest BCUT2D eigenvalue weighted by Gasteiger charge is -2.44. The average molecular weight is 328 g/mol. The fourth-order valence-corrected chi connectivity index (χ4v) is 3.78. The van der Waals surface area contributed by atoms with E-state index in [1.54, 1.807) is 52.0 Å². The molecule has 5 nitrogen and oxygen atoms in total. The summed E-state index contributed by atoms with van der Waals surface area (Å²) < 4.78 is 5.94. The normalized spacial score (nSPS) is 24.1. The molecular weight excluding hydrogens is 308 g/mol. The molecule has 0 spiro atoms. The van der Waals surface area contributed by atoms with Crippen molar-refractivity contribution in [1.82, 2.24) is 0 Å². The molecule has 1 atom stereocenters. The van der Waals surface area contributed by atoms with Crippen LogP contribution in [-0.2, 0) is 14.4 Å². The van der Waals surface area contributed by atoms with Gasteiger partial charge in [0.15, 0.2) is 11.6 Å². The Bertz CT molecular complexity index is 798. The molecule has 24 heavy (non-hydrogen) atoms. The molecule has 0 amide bonds. The number of allylic oxidation sites excluding steroid dienone is 2. The number of carbonyl (C=O) groups is 3. The van der Waals surface area contributed by atoms with Gasteiger partial charge in [-0.25, -0.2) is 0 Å². The second-order valence-electron chi connectivity index (χ2n) is 7.44. The van der Waals surface area contributed by atoms with Gasteiger partial charge in [-0.3, -0.25) is 14.4 Å². The summed E-state index contributed by atoms with van der Waals surface area (Å²) in [5.74, 6) is -1.36. The number of benzene rings is 1. The van der Waals surface area contributed by atoms with Crippen LogP contribution in [-0.4, -0.2) is 22.6 Å². The van der Waals surface area contributed by atoms with Crippen molar-refractivity contribution in [3.05, 3.63) is 41.2 Å². The Balaban J connectivity index is 2.29. The first-order valence-electron chi connectivity index (χ1n) is 7.91. The standard InChI is InChI=1S/C19H20O5/c1-18(2)15(22)14-11(9-13(20)21)10-7-5-6-8-12(10)24-16(14)19(3,4)17(18)23/h5-8,11H,9H2,1-4H3,(H,20,21). The number of ether oxygens (including phenoxy) is 1. The van der Waals surface area contributed by atoms with Crippen LogP contribution in [0.3, 0.4) is 0 Å². The van der Waals surface area contributed by atoms with Crippen LogP contribution in [0.5, 0.6) is 5.75 Å². The first-order chi connectivity index (χ1) is 11.1. The van der Waals surface area contributed by atoms with E-state index in [-0.39, 0.29) is 18.0 Å². The second-order valence-corrected chi connectivity index (χ2v) is 7.44. The van der Waals surface area contributed by atoms with Gasteiger partial charge in [0.05, 0.1) is 17.3 Å². The number of ketones is 2. The van der Waals surface area contributed by atoms with E-state index in [1.807, 2.05) is 0 Å². The van der Waals surface area contributed by atoms with Crippen LogP contribution in [0.1, 0.15) is 45.6 Å². The lowest BCUT2D eigenvalue weighted by atomic mass is 9.60. The minimum atomic E-state index is -1.20. The first kappa shape index (κ1) is 16.4. The minimum Gasteiger partial charge on any atom is -0.481 e. The highest BCUT2D eigenvalue weighted by Gasteiger charge is 2.56. The monoisotopic (exact) mass is 328 g/mol. The van der Waals surface area contributed by atoms with Crippen LogP contribution in [0.25, 0.3) is 0 Å². The van der Waals surface area contributed by atoms with E-state index in [1.165, 1.54) is 0 Å². The molecular formula is C19H20O5. The van der Waals surface area contributed by atoms with Gasteiger partial charge in [0.1, 0.15) is 11.5 Å². The molecule has 1 heterocycles. The number of hydrogen-bond donors (Lipinski definition) is 1. The number of carboxylic acids is 1. The molecule has 5 heteroatoms. The zero-order chi connectivity index (χ0) is 17.9. The van der Waals surface area contributed by atoms with Crippen molar-refractivity contribution >= 4 is 17.5 Å². The molecule has 1 unspecified atom stereocenters. The molecule has 3 rings (SSSR count). The largest absolute Gasteiger partial charge is 0.481 e. The maximum absolute atomic E-state index is 13.0. The highest BCUT2D eigenvalue weighted by Crippen LogP contribution is 2.53. The summed E-state index contributed by atoms with van der Waals surface area (Å²) in [6.45, 7) is 6.65. The van der Waals surface area contributed by atoms with Crippen molar-refractivity contribution in [1.29, 1.82) is 0 Å². The van der Waals surface area contributed by atoms with E-state index in [0.717, 1.165) is 0 Å². The number of aliphatic carboxylic acids is 1. The zero-order valence-corrected chi connectivity index (χ0v) is 14.2. The number of hydrogen-bond acceptors (Lipinski definition) is 4. The number of Topliss-reactive ketones (excluding diaryl/α,β-unsaturated/α-hetero) is 2. The van der Waals surface area contributed by atoms with Gasteiger partial charge in [0.2, 0.25) is 0 Å². The highest BCUT2D eigenvalue weighted by molar-refractivity contribution is 6.20. The summed E-state index contributed by atoms with van der Waals surface area (Å²) >= 11 is 0. The van der Waals surface area contributed by atoms with E-state index in [4.69, 9.17) is 4.74 Å². The molecule has 1 aromatic carbocycles. The van der Waals surface area contributed by atoms with E-state index in [2.05, 4.69) is 0 Å². The van der Waals surface area contributed by atoms with Crippen molar-refractivity contribution in [3.63, 3.8) is 0 Å². The van der Waals surface area contributed by atoms with Gasteiger partial charge in [0, 0.05) is 17.1 Å². The Morgan fingerprint density at radius 3 is 2.38 bits per heavy atom. The van der Waals surface area contributed by atoms with Gasteiger partial charge in [-0.1, -0.05) is 18.2 Å². The Labute approximate surface area is 140 Å². The topological polar surface area (TPSA) is 80.7 Å². The third kappa shape index (κ3) is 2.11. The number of fused-ring (bicyclic) bond motifs is 1. The van der Waals surface area contributed by atoms with Gasteiger partial charge in [-0.15, -0.1) is 0 Å². The lowest BCUT2D eigenvalue weighted by Crippen LogP contribution is -2.51. The van der Waals surface area contributed by atoms with E-state index in [0.29, 0.717) is 22.6 Å². The maximum atomic E-state index is 13.0. The molecule has 0 saturated heterocycles. The SMILES string of the molecule is CC1(C)C(=O)C2=C(Oc3ccccc3C2CC(=O)O)C(C)(C)C1=O. The van der Waals surface area contributed by atoms with Crippen LogP contribution >= 0.6 is 0 Å². The van der Waals surface area contributed by atoms with Crippen molar-refractivity contribution in [2.24, 2.45) is 10.8 Å². The van der Waals surface area contributed by atoms with Crippen molar-refractivity contribution in [2.75, 3.05) is 0 Å². The van der Waals surface area contributed by atoms with Gasteiger partial charge in [-0.05, 0) is 33.8 Å². The Morgan fingerprint density at radius 1 is 1.12 bits per heavy atom. The smallest absolute Gasteiger partial charge is 0.304 e. The quantitative estimate of drug-likeness (QED) is 0.844. The molecule has 0 bridgehead atoms. The first-order valence-corrected chi connectivity index (χ1v) is 7.91. The fraction of sp³-hybridized carbons (Fsp3) is 0.421. The van der Waals surface area contributed by atoms with Gasteiger partial charge >= 0.3 is 5.97 Å². The Hall–Kier alpha value is -2.43. The summed E-state index contributed by atoms with van der Waals surface area (Å²) in [5, 5.41) is 9.34. The fourth-order valence-electron chi connectivity index (χ4n) is 3.78. The lowest BCUT2D eigenvalue weighted by molar-refractivity contribution is -0.144. The molecule has 0 aromatic heterocycles. The summed E-state index contributed by atoms with van der Waals surface area (Å²) in [4.78, 5) is 37.3. The number of para-hydroxylation sites is 1. The van der Waals surface area contributed by atoms with Gasteiger partial charge in [0.25, 0.3) is 0 Å². The van der Waals surface area contributed by atoms with Crippen LogP contribution in [0.2, 0.25) is 0 Å². The molecule has 0 saturated carbocycles.